The van der Waals surface area contributed by atoms with Gasteiger partial charge < -0.3 is 14.5 Å². The number of amides is 1. The topological polar surface area (TPSA) is 79.5 Å². The van der Waals surface area contributed by atoms with Gasteiger partial charge in [-0.25, -0.2) is 4.98 Å². The van der Waals surface area contributed by atoms with Crippen molar-refractivity contribution in [1.82, 2.24) is 15.0 Å². The number of thioether (sulfide) groups is 1. The molecule has 1 saturated heterocycles. The van der Waals surface area contributed by atoms with Gasteiger partial charge in [-0.2, -0.15) is 0 Å². The van der Waals surface area contributed by atoms with E-state index in [4.69, 9.17) is 4.52 Å². The van der Waals surface area contributed by atoms with Crippen LogP contribution in [0.25, 0.3) is 0 Å². The Morgan fingerprint density at radius 3 is 2.60 bits per heavy atom. The van der Waals surface area contributed by atoms with E-state index in [0.29, 0.717) is 30.3 Å². The van der Waals surface area contributed by atoms with Crippen molar-refractivity contribution in [1.29, 1.82) is 0 Å². The highest BCUT2D eigenvalue weighted by molar-refractivity contribution is 7.98. The quantitative estimate of drug-likeness (QED) is 0.599. The Kier molecular flexibility index (Phi) is 6.08. The van der Waals surface area contributed by atoms with E-state index >= 15 is 0 Å². The molecule has 0 atom stereocenters. The van der Waals surface area contributed by atoms with Crippen LogP contribution in [0.5, 0.6) is 5.75 Å². The molecule has 7 heteroatoms. The molecule has 156 valence electrons. The first-order valence-electron chi connectivity index (χ1n) is 10.1. The zero-order valence-corrected chi connectivity index (χ0v) is 18.0. The van der Waals surface area contributed by atoms with Gasteiger partial charge in [0, 0.05) is 30.6 Å². The number of nitrogens with zero attached hydrogens (tertiary/aromatic N) is 3. The smallest absolute Gasteiger partial charge is 0.256 e. The fourth-order valence-electron chi connectivity index (χ4n) is 3.85. The summed E-state index contributed by atoms with van der Waals surface area (Å²) in [6.45, 7) is 5.26. The van der Waals surface area contributed by atoms with E-state index in [-0.39, 0.29) is 11.7 Å². The summed E-state index contributed by atoms with van der Waals surface area (Å²) >= 11 is 1.54. The highest BCUT2D eigenvalue weighted by atomic mass is 32.2. The monoisotopic (exact) mass is 423 g/mol. The fraction of sp³-hybridized carbons (Fsp3) is 0.348. The Labute approximate surface area is 180 Å². The molecule has 30 heavy (non-hydrogen) atoms. The van der Waals surface area contributed by atoms with E-state index in [2.05, 4.69) is 10.1 Å². The molecule has 2 aromatic heterocycles. The van der Waals surface area contributed by atoms with Gasteiger partial charge in [0.2, 0.25) is 0 Å². The normalized spacial score (nSPS) is 14.8. The molecule has 1 aliphatic rings. The number of benzene rings is 1. The number of carbonyl (C=O) groups excluding carboxylic acids is 1. The number of aromatic hydroxyl groups is 1. The summed E-state index contributed by atoms with van der Waals surface area (Å²) in [4.78, 5) is 19.6. The molecule has 0 bridgehead atoms. The summed E-state index contributed by atoms with van der Waals surface area (Å²) in [5.74, 6) is 2.21. The molecule has 3 heterocycles. The average Bonchev–Trinajstić information content (AvgIpc) is 3.10. The lowest BCUT2D eigenvalue weighted by molar-refractivity contribution is 0.0708. The van der Waals surface area contributed by atoms with Crippen molar-refractivity contribution in [2.75, 3.05) is 13.1 Å². The van der Waals surface area contributed by atoms with Crippen LogP contribution in [0, 0.1) is 13.8 Å². The second kappa shape index (κ2) is 8.92. The minimum absolute atomic E-state index is 0.0357. The van der Waals surface area contributed by atoms with E-state index in [0.717, 1.165) is 34.9 Å². The third-order valence-electron chi connectivity index (χ3n) is 5.68. The highest BCUT2D eigenvalue weighted by Gasteiger charge is 2.26. The van der Waals surface area contributed by atoms with Crippen LogP contribution in [0.4, 0.5) is 0 Å². The first kappa shape index (κ1) is 20.5. The predicted molar refractivity (Wildman–Crippen MR) is 116 cm³/mol. The largest absolute Gasteiger partial charge is 0.508 e. The number of carbonyl (C=O) groups is 1. The molecular weight excluding hydrogens is 398 g/mol. The molecule has 1 aliphatic heterocycles. The summed E-state index contributed by atoms with van der Waals surface area (Å²) in [5, 5.41) is 14.2. The van der Waals surface area contributed by atoms with Crippen LogP contribution in [0.15, 0.2) is 52.1 Å². The molecule has 0 saturated carbocycles. The van der Waals surface area contributed by atoms with Crippen molar-refractivity contribution in [3.63, 3.8) is 0 Å². The maximum absolute atomic E-state index is 13.2. The SMILES string of the molecule is Cc1noc(C)c1CSc1ncccc1C(=O)N1CCC(c2ccc(O)cc2)CC1. The predicted octanol–water partition coefficient (Wildman–Crippen LogP) is 4.70. The number of piperidine rings is 1. The van der Waals surface area contributed by atoms with Crippen molar-refractivity contribution >= 4 is 17.7 Å². The van der Waals surface area contributed by atoms with Gasteiger partial charge in [-0.05, 0) is 62.4 Å². The van der Waals surface area contributed by atoms with Crippen LogP contribution in [0.2, 0.25) is 0 Å². The lowest BCUT2D eigenvalue weighted by Crippen LogP contribution is -2.38. The van der Waals surface area contributed by atoms with E-state index in [1.165, 1.54) is 5.56 Å². The first-order chi connectivity index (χ1) is 14.5. The van der Waals surface area contributed by atoms with Crippen molar-refractivity contribution in [2.45, 2.75) is 43.4 Å². The van der Waals surface area contributed by atoms with Crippen LogP contribution < -0.4 is 0 Å². The number of phenols is 1. The zero-order chi connectivity index (χ0) is 21.1. The van der Waals surface area contributed by atoms with Crippen LogP contribution in [0.1, 0.15) is 51.7 Å². The number of aryl methyl sites for hydroxylation is 2. The number of likely N-dealkylation sites (tertiary alicyclic amines) is 1. The Morgan fingerprint density at radius 2 is 1.93 bits per heavy atom. The molecule has 1 N–H and O–H groups in total. The van der Waals surface area contributed by atoms with Crippen molar-refractivity contribution in [3.05, 3.63) is 70.7 Å². The molecule has 1 fully saturated rings. The molecular formula is C23H25N3O3S. The van der Waals surface area contributed by atoms with Gasteiger partial charge in [-0.15, -0.1) is 11.8 Å². The number of rotatable bonds is 5. The molecule has 0 spiro atoms. The first-order valence-corrected chi connectivity index (χ1v) is 11.1. The average molecular weight is 424 g/mol. The molecule has 6 nitrogen and oxygen atoms in total. The summed E-state index contributed by atoms with van der Waals surface area (Å²) in [6.07, 6.45) is 3.56. The summed E-state index contributed by atoms with van der Waals surface area (Å²) < 4.78 is 5.24. The van der Waals surface area contributed by atoms with Crippen LogP contribution in [0.3, 0.4) is 0 Å². The molecule has 3 aromatic rings. The molecule has 0 radical (unpaired) electrons. The van der Waals surface area contributed by atoms with E-state index in [1.807, 2.05) is 43.0 Å². The summed E-state index contributed by atoms with van der Waals surface area (Å²) in [5.41, 5.74) is 3.80. The van der Waals surface area contributed by atoms with Gasteiger partial charge >= 0.3 is 0 Å². The van der Waals surface area contributed by atoms with Gasteiger partial charge in [-0.1, -0.05) is 17.3 Å². The van der Waals surface area contributed by atoms with Crippen LogP contribution in [-0.2, 0) is 5.75 Å². The fourth-order valence-corrected chi connectivity index (χ4v) is 4.99. The Morgan fingerprint density at radius 1 is 1.20 bits per heavy atom. The van der Waals surface area contributed by atoms with Gasteiger partial charge in [0.25, 0.3) is 5.91 Å². The van der Waals surface area contributed by atoms with E-state index in [1.54, 1.807) is 30.1 Å². The van der Waals surface area contributed by atoms with Crippen LogP contribution >= 0.6 is 11.8 Å². The Balaban J connectivity index is 1.42. The van der Waals surface area contributed by atoms with Crippen LogP contribution in [-0.4, -0.2) is 39.1 Å². The van der Waals surface area contributed by atoms with E-state index in [9.17, 15) is 9.90 Å². The van der Waals surface area contributed by atoms with Gasteiger partial charge in [0.1, 0.15) is 16.5 Å². The van der Waals surface area contributed by atoms with Crippen molar-refractivity contribution < 1.29 is 14.4 Å². The number of aromatic nitrogens is 2. The molecule has 1 aromatic carbocycles. The summed E-state index contributed by atoms with van der Waals surface area (Å²) in [7, 11) is 0. The highest BCUT2D eigenvalue weighted by Crippen LogP contribution is 2.31. The molecule has 1 amide bonds. The summed E-state index contributed by atoms with van der Waals surface area (Å²) in [6, 6.07) is 11.1. The third kappa shape index (κ3) is 4.36. The van der Waals surface area contributed by atoms with Crippen molar-refractivity contribution in [3.8, 4) is 5.75 Å². The maximum atomic E-state index is 13.2. The minimum atomic E-state index is 0.0357. The minimum Gasteiger partial charge on any atom is -0.508 e. The third-order valence-corrected chi connectivity index (χ3v) is 6.71. The molecule has 0 unspecified atom stereocenters. The zero-order valence-electron chi connectivity index (χ0n) is 17.2. The maximum Gasteiger partial charge on any atom is 0.256 e. The Bertz CT molecular complexity index is 1000. The standard InChI is InChI=1S/C23H25N3O3S/c1-15-21(16(2)29-25-15)14-30-22-20(4-3-11-24-22)23(28)26-12-9-18(10-13-26)17-5-7-19(27)8-6-17/h3-8,11,18,27H,9-10,12-14H2,1-2H3. The lowest BCUT2D eigenvalue weighted by Gasteiger charge is -2.32. The van der Waals surface area contributed by atoms with Gasteiger partial charge in [0.15, 0.2) is 0 Å². The number of hydrogen-bond donors (Lipinski definition) is 1. The second-order valence-corrected chi connectivity index (χ2v) is 8.57. The second-order valence-electron chi connectivity index (χ2n) is 7.61. The van der Waals surface area contributed by atoms with Gasteiger partial charge in [-0.3, -0.25) is 4.79 Å². The molecule has 0 aliphatic carbocycles. The number of hydrogen-bond acceptors (Lipinski definition) is 6. The van der Waals surface area contributed by atoms with Crippen molar-refractivity contribution in [2.24, 2.45) is 0 Å². The lowest BCUT2D eigenvalue weighted by atomic mass is 9.89. The Hall–Kier alpha value is -2.80. The van der Waals surface area contributed by atoms with E-state index < -0.39 is 0 Å². The van der Waals surface area contributed by atoms with Gasteiger partial charge in [0.05, 0.1) is 11.3 Å². The number of pyridine rings is 1. The molecule has 4 rings (SSSR count). The number of phenolic OH excluding ortho intramolecular Hbond substituents is 1.